The molecule has 4 rings (SSSR count). The van der Waals surface area contributed by atoms with E-state index in [9.17, 15) is 0 Å². The van der Waals surface area contributed by atoms with Gasteiger partial charge in [-0.1, -0.05) is 55.4 Å². The molecule has 0 nitrogen and oxygen atoms in total. The van der Waals surface area contributed by atoms with Crippen LogP contribution in [0.15, 0.2) is 95.1 Å². The van der Waals surface area contributed by atoms with Crippen molar-refractivity contribution in [2.24, 2.45) is 10.8 Å². The standard InChI is InChI=1S/2C10H15.2C6H5.2ClH.GeH2.Zr/c2*1-8-5-6-9(7-8)10(2,3)4;2*1-2-4-6-5-3-1;;;;/h2*7H,6H2,1-4H3;2*1-5H;2*1H;1H2;/q4*-1;;;;. The number of hydrogen-bond donors (Lipinski definition) is 0. The predicted octanol–water partition coefficient (Wildman–Crippen LogP) is 9.12. The molecule has 0 N–H and O–H groups in total. The van der Waals surface area contributed by atoms with Crippen LogP contribution in [0, 0.1) is 35.1 Å². The zero-order chi connectivity index (χ0) is 26.0. The second-order valence-electron chi connectivity index (χ2n) is 10.1. The van der Waals surface area contributed by atoms with Crippen LogP contribution in [0.3, 0.4) is 0 Å². The van der Waals surface area contributed by atoms with Gasteiger partial charge in [0.15, 0.2) is 0 Å². The van der Waals surface area contributed by atoms with Crippen molar-refractivity contribution in [3.05, 3.63) is 119 Å². The Morgan fingerprint density at radius 1 is 0.583 bits per heavy atom. The van der Waals surface area contributed by atoms with Gasteiger partial charge in [-0.3, -0.25) is 12.2 Å². The fourth-order valence-electron chi connectivity index (χ4n) is 2.84. The zero-order valence-electron chi connectivity index (χ0n) is 23.4. The molecule has 2 aromatic carbocycles. The molecule has 0 bridgehead atoms. The Morgan fingerprint density at radius 2 is 0.861 bits per heavy atom. The molecule has 4 heteroatoms. The van der Waals surface area contributed by atoms with Crippen LogP contribution in [0.25, 0.3) is 0 Å². The third-order valence-corrected chi connectivity index (χ3v) is 5.04. The molecule has 2 aliphatic carbocycles. The summed E-state index contributed by atoms with van der Waals surface area (Å²) in [6, 6.07) is 25.0. The van der Waals surface area contributed by atoms with Gasteiger partial charge in [0.1, 0.15) is 0 Å². The predicted molar refractivity (Wildman–Crippen MR) is 163 cm³/mol. The van der Waals surface area contributed by atoms with Crippen LogP contribution >= 0.6 is 24.8 Å². The average molecular weight is 663 g/mol. The maximum absolute atomic E-state index is 3.30. The minimum absolute atomic E-state index is 0. The van der Waals surface area contributed by atoms with Gasteiger partial charge in [0.25, 0.3) is 0 Å². The van der Waals surface area contributed by atoms with Crippen molar-refractivity contribution < 1.29 is 21.6 Å². The third-order valence-electron chi connectivity index (χ3n) is 5.04. The largest absolute Gasteiger partial charge is 0.184 e. The van der Waals surface area contributed by atoms with E-state index in [1.54, 1.807) is 21.6 Å². The number of allylic oxidation sites excluding steroid dienone is 8. The molecule has 36 heavy (non-hydrogen) atoms. The number of benzene rings is 2. The first-order chi connectivity index (χ1) is 16.0. The summed E-state index contributed by atoms with van der Waals surface area (Å²) < 4.78 is 0. The molecule has 0 aliphatic heterocycles. The van der Waals surface area contributed by atoms with Crippen molar-refractivity contribution in [2.45, 2.75) is 68.2 Å². The molecule has 2 aromatic rings. The quantitative estimate of drug-likeness (QED) is 0.195. The van der Waals surface area contributed by atoms with Gasteiger partial charge in [0, 0.05) is 0 Å². The van der Waals surface area contributed by atoms with Gasteiger partial charge in [-0.2, -0.15) is 83.9 Å². The van der Waals surface area contributed by atoms with Gasteiger partial charge < -0.3 is 0 Å². The summed E-state index contributed by atoms with van der Waals surface area (Å²) in [6.45, 7) is 17.7. The first-order valence-corrected chi connectivity index (χ1v) is 22.3. The average Bonchev–Trinajstić information content (AvgIpc) is 3.47. The summed E-state index contributed by atoms with van der Waals surface area (Å²) >= 11 is 3.14. The van der Waals surface area contributed by atoms with Crippen molar-refractivity contribution in [1.82, 2.24) is 0 Å². The van der Waals surface area contributed by atoms with E-state index in [2.05, 4.69) is 91.8 Å². The van der Waals surface area contributed by atoms with Crippen LogP contribution in [0.2, 0.25) is 0 Å². The van der Waals surface area contributed by atoms with E-state index in [-0.39, 0.29) is 24.8 Å². The van der Waals surface area contributed by atoms with Crippen LogP contribution in [0.1, 0.15) is 68.2 Å². The summed E-state index contributed by atoms with van der Waals surface area (Å²) in [5.41, 5.74) is 6.28. The molecule has 0 saturated heterocycles. The first kappa shape index (κ1) is 39.9. The number of hydrogen-bond acceptors (Lipinski definition) is 0. The molecule has 2 aliphatic rings. The van der Waals surface area contributed by atoms with Gasteiger partial charge in [-0.25, -0.2) is 23.3 Å². The normalized spacial score (nSPS) is 13.2. The molecule has 0 unspecified atom stereocenters. The van der Waals surface area contributed by atoms with E-state index >= 15 is 0 Å². The zero-order valence-corrected chi connectivity index (χ0v) is 30.4. The fourth-order valence-corrected chi connectivity index (χ4v) is 2.84. The van der Waals surface area contributed by atoms with Gasteiger partial charge in [-0.15, -0.1) is 37.7 Å². The maximum Gasteiger partial charge on any atom is -0.171 e. The van der Waals surface area contributed by atoms with E-state index < -0.39 is 0 Å². The van der Waals surface area contributed by atoms with Gasteiger partial charge in [0.2, 0.25) is 0 Å². The Morgan fingerprint density at radius 3 is 0.944 bits per heavy atom. The van der Waals surface area contributed by atoms with E-state index in [0.29, 0.717) is 10.8 Å². The molecule has 0 aromatic heterocycles. The van der Waals surface area contributed by atoms with Gasteiger partial charge in [-0.05, 0) is 10.8 Å². The smallest absolute Gasteiger partial charge is 0.171 e. The summed E-state index contributed by atoms with van der Waals surface area (Å²) in [4.78, 5) is 0. The van der Waals surface area contributed by atoms with Crippen LogP contribution in [0.5, 0.6) is 0 Å². The molecule has 0 fully saturated rings. The van der Waals surface area contributed by atoms with E-state index in [0.717, 1.165) is 12.8 Å². The van der Waals surface area contributed by atoms with Crippen molar-refractivity contribution in [3.8, 4) is 0 Å². The Hall–Kier alpha value is -0.594. The molecule has 0 amide bonds. The van der Waals surface area contributed by atoms with E-state index in [1.165, 1.54) is 34.4 Å². The summed E-state index contributed by atoms with van der Waals surface area (Å²) in [6.07, 6.45) is 13.2. The minimum Gasteiger partial charge on any atom is -0.184 e. The van der Waals surface area contributed by atoms with Crippen LogP contribution in [-0.4, -0.2) is 12.1 Å². The minimum atomic E-state index is 0. The summed E-state index contributed by atoms with van der Waals surface area (Å²) in [5, 5.41) is 0. The van der Waals surface area contributed by atoms with Crippen LogP contribution < -0.4 is 0 Å². The second kappa shape index (κ2) is 22.4. The molecule has 0 saturated carbocycles. The molecular formula is C32H44Cl2GeZr-4. The number of halogens is 2. The molecule has 0 spiro atoms. The molecule has 0 radical (unpaired) electrons. The Labute approximate surface area is 255 Å². The maximum atomic E-state index is 3.30. The third kappa shape index (κ3) is 20.5. The topological polar surface area (TPSA) is 0 Å². The Bertz CT molecular complexity index is 785. The van der Waals surface area contributed by atoms with Gasteiger partial charge >= 0.3 is 33.7 Å². The molecular weight excluding hydrogens is 619 g/mol. The fraction of sp³-hybridized carbons (Fsp3) is 0.375. The Kier molecular flexibility index (Phi) is 24.8. The first-order valence-electron chi connectivity index (χ1n) is 11.7. The van der Waals surface area contributed by atoms with Crippen molar-refractivity contribution in [1.29, 1.82) is 0 Å². The van der Waals surface area contributed by atoms with Gasteiger partial charge in [0.05, 0.1) is 0 Å². The van der Waals surface area contributed by atoms with Crippen molar-refractivity contribution >= 4 is 37.0 Å². The van der Waals surface area contributed by atoms with E-state index in [4.69, 9.17) is 0 Å². The second-order valence-corrected chi connectivity index (χ2v) is 10.1. The monoisotopic (exact) mass is 662 g/mol. The Balaban J connectivity index is -0.000000396. The number of rotatable bonds is 0. The molecule has 0 heterocycles. The molecule has 0 atom stereocenters. The van der Waals surface area contributed by atoms with Crippen molar-refractivity contribution in [2.75, 3.05) is 0 Å². The SMILES string of the molecule is CC1=[C-]CC(C(C)(C)C)=C1.CC1=[C-]CC(C(C)(C)C)=C1.Cl.Cl.[GeH2]=[Zr].[c-]1ccccc1.[c-]1ccccc1. The van der Waals surface area contributed by atoms with E-state index in [1.807, 2.05) is 60.7 Å². The van der Waals surface area contributed by atoms with Crippen molar-refractivity contribution in [3.63, 3.8) is 0 Å². The summed E-state index contributed by atoms with van der Waals surface area (Å²) in [7, 11) is 0. The van der Waals surface area contributed by atoms with Crippen LogP contribution in [0.4, 0.5) is 0 Å². The summed E-state index contributed by atoms with van der Waals surface area (Å²) in [5.74, 6) is 0. The van der Waals surface area contributed by atoms with Crippen LogP contribution in [-0.2, 0) is 21.6 Å². The molecule has 198 valence electrons.